The molecule has 3 nitrogen and oxygen atoms in total. The third-order valence-electron chi connectivity index (χ3n) is 11.1. The van der Waals surface area contributed by atoms with Crippen molar-refractivity contribution in [2.45, 2.75) is 208 Å². The van der Waals surface area contributed by atoms with Crippen molar-refractivity contribution in [2.75, 3.05) is 0 Å². The molecule has 0 aliphatic carbocycles. The van der Waals surface area contributed by atoms with Crippen molar-refractivity contribution in [3.05, 3.63) is 88.0 Å². The Labute approximate surface area is 334 Å². The van der Waals surface area contributed by atoms with Crippen LogP contribution in [0.3, 0.4) is 0 Å². The smallest absolute Gasteiger partial charge is 0.408 e. The minimum Gasteiger partial charge on any atom is -0.408 e. The summed E-state index contributed by atoms with van der Waals surface area (Å²) < 4.78 is 21.3. The Hall–Kier alpha value is -2.51. The second kappa shape index (κ2) is 17.7. The highest BCUT2D eigenvalue weighted by Crippen LogP contribution is 2.51. The van der Waals surface area contributed by atoms with Gasteiger partial charge >= 0.3 is 8.60 Å². The molecule has 0 heterocycles. The predicted molar refractivity (Wildman–Crippen MR) is 237 cm³/mol. The molecule has 0 aliphatic rings. The molecule has 3 rings (SSSR count). The highest BCUT2D eigenvalue weighted by molar-refractivity contribution is 7.43. The van der Waals surface area contributed by atoms with Crippen LogP contribution in [0.5, 0.6) is 17.2 Å². The van der Waals surface area contributed by atoms with E-state index < -0.39 is 8.60 Å². The van der Waals surface area contributed by atoms with E-state index in [4.69, 9.17) is 13.6 Å². The summed E-state index contributed by atoms with van der Waals surface area (Å²) in [5, 5.41) is 0. The van der Waals surface area contributed by atoms with E-state index in [1.54, 1.807) is 0 Å². The minimum atomic E-state index is -1.92. The third kappa shape index (κ3) is 12.5. The van der Waals surface area contributed by atoms with Gasteiger partial charge in [-0.25, -0.2) is 0 Å². The highest BCUT2D eigenvalue weighted by atomic mass is 31.2. The Morgan fingerprint density at radius 2 is 0.722 bits per heavy atom. The van der Waals surface area contributed by atoms with Gasteiger partial charge in [0.2, 0.25) is 0 Å². The molecule has 0 atom stereocenters. The van der Waals surface area contributed by atoms with Crippen LogP contribution in [-0.4, -0.2) is 0 Å². The lowest BCUT2D eigenvalue weighted by Gasteiger charge is -2.33. The molecule has 0 spiro atoms. The molecular formula is C50H79O3P. The van der Waals surface area contributed by atoms with Crippen molar-refractivity contribution >= 4 is 8.60 Å². The summed E-state index contributed by atoms with van der Waals surface area (Å²) >= 11 is 0. The largest absolute Gasteiger partial charge is 0.530 e. The number of benzene rings is 3. The topological polar surface area (TPSA) is 27.7 Å². The molecule has 0 radical (unpaired) electrons. The predicted octanol–water partition coefficient (Wildman–Crippen LogP) is 16.4. The molecule has 0 aromatic heterocycles. The van der Waals surface area contributed by atoms with E-state index in [1.807, 2.05) is 0 Å². The fraction of sp³-hybridized carbons (Fsp3) is 0.640. The van der Waals surface area contributed by atoms with Crippen LogP contribution in [0.1, 0.15) is 209 Å². The Morgan fingerprint density at radius 1 is 0.389 bits per heavy atom. The van der Waals surface area contributed by atoms with Gasteiger partial charge in [-0.2, -0.15) is 0 Å². The van der Waals surface area contributed by atoms with Crippen molar-refractivity contribution in [1.29, 1.82) is 0 Å². The molecule has 0 saturated heterocycles. The van der Waals surface area contributed by atoms with E-state index in [0.717, 1.165) is 41.2 Å². The fourth-order valence-corrected chi connectivity index (χ4v) is 8.16. The molecular weight excluding hydrogens is 680 g/mol. The van der Waals surface area contributed by atoms with Crippen LogP contribution in [0, 0.1) is 0 Å². The SMILES string of the molecule is CCCCCC(C)(C)c1ccc(OP(Oc2ccc(C(C)(C)C)cc2C(C)(C)C)Oc2ccc(C(C)(C)C)cc2C(C)(C)C)c(C(C)(C)CCCCC)c1. The maximum atomic E-state index is 7.16. The molecule has 0 bridgehead atoms. The lowest BCUT2D eigenvalue weighted by atomic mass is 9.74. The van der Waals surface area contributed by atoms with Gasteiger partial charge in [0.1, 0.15) is 17.2 Å². The second-order valence-electron chi connectivity index (χ2n) is 21.3. The van der Waals surface area contributed by atoms with Gasteiger partial charge in [-0.1, -0.05) is 200 Å². The highest BCUT2D eigenvalue weighted by Gasteiger charge is 2.34. The zero-order valence-corrected chi connectivity index (χ0v) is 38.9. The Balaban J connectivity index is 2.27. The first kappa shape index (κ1) is 45.9. The van der Waals surface area contributed by atoms with Crippen LogP contribution in [0.15, 0.2) is 54.6 Å². The van der Waals surface area contributed by atoms with Crippen molar-refractivity contribution in [2.24, 2.45) is 0 Å². The summed E-state index contributed by atoms with van der Waals surface area (Å²) in [6.45, 7) is 41.3. The molecule has 0 N–H and O–H groups in total. The molecule has 0 aliphatic heterocycles. The van der Waals surface area contributed by atoms with E-state index in [9.17, 15) is 0 Å². The summed E-state index contributed by atoms with van der Waals surface area (Å²) in [6.07, 6.45) is 9.58. The van der Waals surface area contributed by atoms with Gasteiger partial charge < -0.3 is 13.6 Å². The second-order valence-corrected chi connectivity index (χ2v) is 22.3. The summed E-state index contributed by atoms with van der Waals surface area (Å²) in [6, 6.07) is 20.2. The average Bonchev–Trinajstić information content (AvgIpc) is 3.03. The van der Waals surface area contributed by atoms with Crippen molar-refractivity contribution in [3.63, 3.8) is 0 Å². The minimum absolute atomic E-state index is 0.0109. The van der Waals surface area contributed by atoms with E-state index in [1.165, 1.54) is 60.8 Å². The van der Waals surface area contributed by atoms with Gasteiger partial charge in [0, 0.05) is 16.7 Å². The van der Waals surface area contributed by atoms with Gasteiger partial charge in [0.15, 0.2) is 0 Å². The number of rotatable bonds is 16. The Morgan fingerprint density at radius 3 is 1.07 bits per heavy atom. The van der Waals surface area contributed by atoms with E-state index in [2.05, 4.69) is 179 Å². The maximum Gasteiger partial charge on any atom is 0.530 e. The van der Waals surface area contributed by atoms with E-state index in [-0.39, 0.29) is 32.5 Å². The fourth-order valence-electron chi connectivity index (χ4n) is 7.09. The van der Waals surface area contributed by atoms with Gasteiger partial charge in [-0.05, 0) is 80.2 Å². The average molecular weight is 759 g/mol. The van der Waals surface area contributed by atoms with Crippen LogP contribution < -0.4 is 13.6 Å². The zero-order valence-electron chi connectivity index (χ0n) is 38.0. The molecule has 302 valence electrons. The molecule has 54 heavy (non-hydrogen) atoms. The number of unbranched alkanes of at least 4 members (excludes halogenated alkanes) is 4. The zero-order chi connectivity index (χ0) is 40.9. The molecule has 0 amide bonds. The molecule has 0 saturated carbocycles. The lowest BCUT2D eigenvalue weighted by Crippen LogP contribution is -2.22. The molecule has 0 fully saturated rings. The van der Waals surface area contributed by atoms with Gasteiger partial charge in [-0.15, -0.1) is 0 Å². The summed E-state index contributed by atoms with van der Waals surface area (Å²) in [7, 11) is -1.92. The normalized spacial score (nSPS) is 13.4. The van der Waals surface area contributed by atoms with Crippen molar-refractivity contribution in [3.8, 4) is 17.2 Å². The molecule has 4 heteroatoms. The standard InChI is InChI=1S/C50H79O3P/c1-19-21-23-31-49(15,16)38-27-30-44(41(35-38)50(17,18)32-24-22-20-2)53-54(51-42-28-25-36(45(3,4)5)33-39(42)47(9,10)11)52-43-29-26-37(46(6,7)8)34-40(43)48(12,13)14/h25-30,33-35H,19-24,31-32H2,1-18H3. The molecule has 3 aromatic carbocycles. The molecule has 0 unspecified atom stereocenters. The molecule has 3 aromatic rings. The first-order valence-electron chi connectivity index (χ1n) is 21.0. The van der Waals surface area contributed by atoms with Crippen LogP contribution in [0.2, 0.25) is 0 Å². The van der Waals surface area contributed by atoms with Crippen LogP contribution >= 0.6 is 8.60 Å². The van der Waals surface area contributed by atoms with Crippen LogP contribution in [0.4, 0.5) is 0 Å². The van der Waals surface area contributed by atoms with Gasteiger partial charge in [-0.3, -0.25) is 0 Å². The van der Waals surface area contributed by atoms with Crippen LogP contribution in [0.25, 0.3) is 0 Å². The first-order valence-corrected chi connectivity index (χ1v) is 22.1. The number of hydrogen-bond acceptors (Lipinski definition) is 3. The summed E-state index contributed by atoms with van der Waals surface area (Å²) in [5.74, 6) is 2.47. The number of hydrogen-bond donors (Lipinski definition) is 0. The first-order chi connectivity index (χ1) is 24.7. The summed E-state index contributed by atoms with van der Waals surface area (Å²) in [4.78, 5) is 0. The monoisotopic (exact) mass is 759 g/mol. The van der Waals surface area contributed by atoms with E-state index >= 15 is 0 Å². The maximum absolute atomic E-state index is 7.16. The van der Waals surface area contributed by atoms with Gasteiger partial charge in [0.25, 0.3) is 0 Å². The van der Waals surface area contributed by atoms with Crippen molar-refractivity contribution < 1.29 is 13.6 Å². The Kier molecular flexibility index (Phi) is 15.1. The van der Waals surface area contributed by atoms with Gasteiger partial charge in [0.05, 0.1) is 0 Å². The quantitative estimate of drug-likeness (QED) is 0.108. The summed E-state index contributed by atoms with van der Waals surface area (Å²) in [5.41, 5.74) is 7.15. The third-order valence-corrected chi connectivity index (χ3v) is 12.2. The lowest BCUT2D eigenvalue weighted by molar-refractivity contribution is 0.366. The van der Waals surface area contributed by atoms with Crippen LogP contribution in [-0.2, 0) is 32.5 Å². The van der Waals surface area contributed by atoms with Crippen molar-refractivity contribution in [1.82, 2.24) is 0 Å². The Bertz CT molecular complexity index is 1580. The van der Waals surface area contributed by atoms with E-state index in [0.29, 0.717) is 0 Å².